The molecule has 1 fully saturated rings. The second-order valence-electron chi connectivity index (χ2n) is 8.47. The highest BCUT2D eigenvalue weighted by Crippen LogP contribution is 2.30. The Morgan fingerprint density at radius 1 is 0.926 bits per heavy atom. The number of unbranched alkanes of at least 4 members (excludes halogenated alkanes) is 7. The fourth-order valence-corrected chi connectivity index (χ4v) is 4.26. The van der Waals surface area contributed by atoms with Gasteiger partial charge in [0.05, 0.1) is 25.4 Å². The predicted octanol–water partition coefficient (Wildman–Crippen LogP) is 4.82. The van der Waals surface area contributed by atoms with Gasteiger partial charge < -0.3 is 20.3 Å². The second-order valence-corrected chi connectivity index (χ2v) is 8.47. The molecule has 1 aliphatic rings. The number of aliphatic hydroxyl groups excluding tert-OH is 2. The fraction of sp³-hybridized carbons (Fsp3) is 1.00. The maximum atomic E-state index is 10.1. The number of hydrogen-bond acceptors (Lipinski definition) is 4. The second kappa shape index (κ2) is 17.9. The smallest absolute Gasteiger partial charge is 0.0897 e. The molecule has 0 aromatic carbocycles. The molecule has 0 radical (unpaired) electrons. The Morgan fingerprint density at radius 3 is 2.19 bits per heavy atom. The summed E-state index contributed by atoms with van der Waals surface area (Å²) in [5.41, 5.74) is 0. The predicted molar refractivity (Wildman–Crippen MR) is 114 cm³/mol. The topological polar surface area (TPSA) is 61.7 Å². The number of rotatable bonds is 17. The van der Waals surface area contributed by atoms with Crippen LogP contribution in [0.25, 0.3) is 0 Å². The third-order valence-electron chi connectivity index (χ3n) is 5.94. The zero-order valence-electron chi connectivity index (χ0n) is 18.0. The molecule has 0 aromatic heterocycles. The van der Waals surface area contributed by atoms with Crippen LogP contribution in [0.4, 0.5) is 0 Å². The third-order valence-corrected chi connectivity index (χ3v) is 5.94. The maximum Gasteiger partial charge on any atom is 0.0897 e. The Morgan fingerprint density at radius 2 is 1.56 bits per heavy atom. The Hall–Kier alpha value is -0.160. The zero-order chi connectivity index (χ0) is 19.6. The van der Waals surface area contributed by atoms with E-state index in [9.17, 15) is 5.11 Å². The highest BCUT2D eigenvalue weighted by Gasteiger charge is 2.24. The van der Waals surface area contributed by atoms with Crippen LogP contribution in [0.3, 0.4) is 0 Å². The van der Waals surface area contributed by atoms with Crippen LogP contribution in [0.5, 0.6) is 0 Å². The minimum absolute atomic E-state index is 0.108. The van der Waals surface area contributed by atoms with Gasteiger partial charge in [-0.05, 0) is 25.2 Å². The first kappa shape index (κ1) is 24.9. The molecule has 0 aromatic rings. The molecule has 4 heteroatoms. The van der Waals surface area contributed by atoms with Crippen molar-refractivity contribution in [1.29, 1.82) is 0 Å². The number of ether oxygens (including phenoxy) is 1. The van der Waals surface area contributed by atoms with Crippen LogP contribution in [0.1, 0.15) is 103 Å². The summed E-state index contributed by atoms with van der Waals surface area (Å²) in [6.07, 6.45) is 19.8. The molecule has 0 aliphatic heterocycles. The van der Waals surface area contributed by atoms with E-state index in [-0.39, 0.29) is 6.61 Å². The van der Waals surface area contributed by atoms with Crippen LogP contribution in [-0.4, -0.2) is 48.7 Å². The molecule has 2 unspecified atom stereocenters. The summed E-state index contributed by atoms with van der Waals surface area (Å²) in [7, 11) is 0. The minimum atomic E-state index is -0.483. The number of nitrogens with one attached hydrogen (secondary N) is 1. The van der Waals surface area contributed by atoms with Gasteiger partial charge in [0.15, 0.2) is 0 Å². The van der Waals surface area contributed by atoms with E-state index in [0.717, 1.165) is 6.42 Å². The first-order chi connectivity index (χ1) is 13.3. The van der Waals surface area contributed by atoms with E-state index in [2.05, 4.69) is 12.2 Å². The van der Waals surface area contributed by atoms with Gasteiger partial charge >= 0.3 is 0 Å². The van der Waals surface area contributed by atoms with Gasteiger partial charge in [-0.1, -0.05) is 84.0 Å². The molecular formula is C23H47NO3. The molecule has 0 spiro atoms. The summed E-state index contributed by atoms with van der Waals surface area (Å²) < 4.78 is 6.24. The van der Waals surface area contributed by atoms with Gasteiger partial charge in [0.1, 0.15) is 0 Å². The normalized spacial score (nSPS) is 18.3. The van der Waals surface area contributed by atoms with E-state index >= 15 is 0 Å². The highest BCUT2D eigenvalue weighted by molar-refractivity contribution is 4.75. The van der Waals surface area contributed by atoms with E-state index in [1.165, 1.54) is 89.9 Å². The molecule has 1 rings (SSSR count). The van der Waals surface area contributed by atoms with Crippen molar-refractivity contribution in [2.75, 3.05) is 26.3 Å². The molecule has 0 bridgehead atoms. The van der Waals surface area contributed by atoms with Gasteiger partial charge in [0.25, 0.3) is 0 Å². The molecule has 2 atom stereocenters. The number of hydrogen-bond donors (Lipinski definition) is 3. The van der Waals surface area contributed by atoms with Crippen molar-refractivity contribution in [3.05, 3.63) is 0 Å². The molecule has 0 amide bonds. The zero-order valence-corrected chi connectivity index (χ0v) is 18.0. The molecule has 0 heterocycles. The Kier molecular flexibility index (Phi) is 16.5. The van der Waals surface area contributed by atoms with Gasteiger partial charge in [-0.25, -0.2) is 0 Å². The van der Waals surface area contributed by atoms with Crippen LogP contribution in [-0.2, 0) is 4.74 Å². The Bertz CT molecular complexity index is 306. The fourth-order valence-electron chi connectivity index (χ4n) is 4.26. The number of aliphatic hydroxyl groups is 2. The lowest BCUT2D eigenvalue weighted by molar-refractivity contribution is -0.0418. The van der Waals surface area contributed by atoms with Crippen LogP contribution in [0.15, 0.2) is 0 Å². The first-order valence-electron chi connectivity index (χ1n) is 11.9. The lowest BCUT2D eigenvalue weighted by Crippen LogP contribution is -2.35. The maximum absolute atomic E-state index is 10.1. The lowest BCUT2D eigenvalue weighted by Gasteiger charge is -2.28. The highest BCUT2D eigenvalue weighted by atomic mass is 16.5. The Labute approximate surface area is 168 Å². The van der Waals surface area contributed by atoms with Crippen molar-refractivity contribution in [2.45, 2.75) is 115 Å². The van der Waals surface area contributed by atoms with Crippen LogP contribution in [0.2, 0.25) is 0 Å². The quantitative estimate of drug-likeness (QED) is 0.248. The molecular weight excluding hydrogens is 338 g/mol. The summed E-state index contributed by atoms with van der Waals surface area (Å²) in [6, 6.07) is 0. The Balaban J connectivity index is 2.28. The van der Waals surface area contributed by atoms with Crippen molar-refractivity contribution in [3.63, 3.8) is 0 Å². The largest absolute Gasteiger partial charge is 0.395 e. The monoisotopic (exact) mass is 385 g/mol. The average Bonchev–Trinajstić information content (AvgIpc) is 2.96. The molecule has 27 heavy (non-hydrogen) atoms. The molecule has 1 aliphatic carbocycles. The van der Waals surface area contributed by atoms with E-state index in [1.807, 2.05) is 0 Å². The molecule has 0 saturated heterocycles. The summed E-state index contributed by atoms with van der Waals surface area (Å²) in [5.74, 6) is 0.676. The summed E-state index contributed by atoms with van der Waals surface area (Å²) in [5, 5.41) is 22.0. The third kappa shape index (κ3) is 13.6. The molecule has 4 nitrogen and oxygen atoms in total. The van der Waals surface area contributed by atoms with Gasteiger partial charge in [0.2, 0.25) is 0 Å². The van der Waals surface area contributed by atoms with E-state index < -0.39 is 6.10 Å². The van der Waals surface area contributed by atoms with E-state index in [4.69, 9.17) is 9.84 Å². The van der Waals surface area contributed by atoms with Crippen LogP contribution < -0.4 is 5.32 Å². The minimum Gasteiger partial charge on any atom is -0.395 e. The summed E-state index contributed by atoms with van der Waals surface area (Å²) in [4.78, 5) is 0. The molecule has 162 valence electrons. The SMILES string of the molecule is CCCCCCCCCCC(OCC(O)CNCCO)C1CCCCCC1. The molecule has 1 saturated carbocycles. The van der Waals surface area contributed by atoms with Crippen molar-refractivity contribution < 1.29 is 14.9 Å². The van der Waals surface area contributed by atoms with Gasteiger partial charge in [-0.15, -0.1) is 0 Å². The average molecular weight is 386 g/mol. The van der Waals surface area contributed by atoms with Crippen molar-refractivity contribution >= 4 is 0 Å². The van der Waals surface area contributed by atoms with Crippen molar-refractivity contribution in [3.8, 4) is 0 Å². The lowest BCUT2D eigenvalue weighted by atomic mass is 9.90. The van der Waals surface area contributed by atoms with Gasteiger partial charge in [-0.2, -0.15) is 0 Å². The van der Waals surface area contributed by atoms with Gasteiger partial charge in [-0.3, -0.25) is 0 Å². The van der Waals surface area contributed by atoms with Crippen molar-refractivity contribution in [2.24, 2.45) is 5.92 Å². The summed E-state index contributed by atoms with van der Waals surface area (Å²) >= 11 is 0. The molecule has 3 N–H and O–H groups in total. The van der Waals surface area contributed by atoms with Gasteiger partial charge in [0, 0.05) is 13.1 Å². The van der Waals surface area contributed by atoms with Crippen LogP contribution in [0, 0.1) is 5.92 Å². The van der Waals surface area contributed by atoms with E-state index in [0.29, 0.717) is 31.7 Å². The summed E-state index contributed by atoms with van der Waals surface area (Å²) in [6.45, 7) is 3.82. The van der Waals surface area contributed by atoms with Crippen molar-refractivity contribution in [1.82, 2.24) is 5.32 Å². The van der Waals surface area contributed by atoms with Crippen LogP contribution >= 0.6 is 0 Å². The standard InChI is InChI=1S/C23H47NO3/c1-2-3-4-5-6-7-8-13-16-23(21-14-11-9-10-12-15-21)27-20-22(26)19-24-17-18-25/h21-26H,2-20H2,1H3. The van der Waals surface area contributed by atoms with E-state index in [1.54, 1.807) is 0 Å². The first-order valence-corrected chi connectivity index (χ1v) is 11.9.